The number of halogens is 1. The second-order valence-corrected chi connectivity index (χ2v) is 10.7. The summed E-state index contributed by atoms with van der Waals surface area (Å²) >= 11 is 3.46. The van der Waals surface area contributed by atoms with Gasteiger partial charge in [-0.25, -0.2) is 4.98 Å². The number of ether oxygens (including phenoxy) is 1. The monoisotopic (exact) mass is 582 g/mol. The molecule has 3 aromatic carbocycles. The number of hydrogen-bond acceptors (Lipinski definition) is 4. The highest BCUT2D eigenvalue weighted by molar-refractivity contribution is 9.10. The summed E-state index contributed by atoms with van der Waals surface area (Å²) in [5.74, 6) is 1.48. The molecular formula is C32H31BrN4O2. The Bertz CT molecular complexity index is 1730. The fourth-order valence-electron chi connectivity index (χ4n) is 4.79. The maximum Gasteiger partial charge on any atom is 0.282 e. The van der Waals surface area contributed by atoms with Crippen molar-refractivity contribution >= 4 is 33.0 Å². The van der Waals surface area contributed by atoms with Gasteiger partial charge in [-0.1, -0.05) is 52.7 Å². The Hall–Kier alpha value is -3.97. The van der Waals surface area contributed by atoms with Gasteiger partial charge in [0.05, 0.1) is 17.1 Å². The second-order valence-electron chi connectivity index (χ2n) is 9.73. The van der Waals surface area contributed by atoms with Gasteiger partial charge in [0, 0.05) is 33.5 Å². The molecule has 0 fully saturated rings. The lowest BCUT2D eigenvalue weighted by molar-refractivity contribution is 0.306. The van der Waals surface area contributed by atoms with E-state index < -0.39 is 0 Å². The predicted octanol–water partition coefficient (Wildman–Crippen LogP) is 7.29. The van der Waals surface area contributed by atoms with Crippen LogP contribution >= 0.6 is 15.9 Å². The van der Waals surface area contributed by atoms with Crippen molar-refractivity contribution in [3.8, 4) is 11.4 Å². The van der Waals surface area contributed by atoms with Crippen LogP contribution < -0.4 is 10.3 Å². The summed E-state index contributed by atoms with van der Waals surface area (Å²) in [6.07, 6.45) is 3.28. The van der Waals surface area contributed by atoms with Crippen LogP contribution in [0.15, 0.2) is 87.2 Å². The molecule has 6 nitrogen and oxygen atoms in total. The first-order valence-corrected chi connectivity index (χ1v) is 13.9. The van der Waals surface area contributed by atoms with E-state index in [1.807, 2.05) is 30.3 Å². The van der Waals surface area contributed by atoms with Crippen LogP contribution in [0, 0.1) is 20.8 Å². The van der Waals surface area contributed by atoms with Crippen LogP contribution in [0.1, 0.15) is 47.2 Å². The number of aromatic nitrogens is 3. The molecule has 0 atom stereocenters. The first kappa shape index (κ1) is 26.6. The minimum atomic E-state index is -0.170. The van der Waals surface area contributed by atoms with Crippen molar-refractivity contribution in [2.45, 2.75) is 47.1 Å². The van der Waals surface area contributed by atoms with Gasteiger partial charge >= 0.3 is 0 Å². The second kappa shape index (κ2) is 11.4. The molecule has 5 rings (SSSR count). The number of nitrogens with zero attached hydrogens (tertiary/aromatic N) is 4. The Morgan fingerprint density at radius 3 is 2.54 bits per heavy atom. The van der Waals surface area contributed by atoms with E-state index in [9.17, 15) is 4.79 Å². The van der Waals surface area contributed by atoms with Crippen molar-refractivity contribution in [1.82, 2.24) is 14.2 Å². The van der Waals surface area contributed by atoms with E-state index >= 15 is 0 Å². The Morgan fingerprint density at radius 1 is 1.00 bits per heavy atom. The van der Waals surface area contributed by atoms with Crippen LogP contribution in [0.4, 0.5) is 0 Å². The first-order chi connectivity index (χ1) is 18.8. The molecule has 0 amide bonds. The van der Waals surface area contributed by atoms with Crippen molar-refractivity contribution in [3.63, 3.8) is 0 Å². The molecule has 198 valence electrons. The molecule has 0 N–H and O–H groups in total. The molecule has 0 saturated carbocycles. The van der Waals surface area contributed by atoms with Crippen molar-refractivity contribution in [2.75, 3.05) is 0 Å². The Balaban J connectivity index is 1.41. The largest absolute Gasteiger partial charge is 0.489 e. The third kappa shape index (κ3) is 5.73. The lowest BCUT2D eigenvalue weighted by Gasteiger charge is -2.12. The van der Waals surface area contributed by atoms with Crippen LogP contribution in [-0.2, 0) is 13.0 Å². The van der Waals surface area contributed by atoms with Crippen molar-refractivity contribution in [3.05, 3.63) is 122 Å². The van der Waals surface area contributed by atoms with Crippen molar-refractivity contribution in [2.24, 2.45) is 5.10 Å². The number of fused-ring (bicyclic) bond motifs is 1. The van der Waals surface area contributed by atoms with E-state index in [0.717, 1.165) is 44.8 Å². The summed E-state index contributed by atoms with van der Waals surface area (Å²) in [5.41, 5.74) is 6.97. The molecule has 39 heavy (non-hydrogen) atoms. The maximum absolute atomic E-state index is 13.3. The topological polar surface area (TPSA) is 61.4 Å². The van der Waals surface area contributed by atoms with E-state index in [1.165, 1.54) is 10.2 Å². The van der Waals surface area contributed by atoms with Crippen molar-refractivity contribution in [1.29, 1.82) is 0 Å². The lowest BCUT2D eigenvalue weighted by Crippen LogP contribution is -2.22. The highest BCUT2D eigenvalue weighted by Crippen LogP contribution is 2.23. The van der Waals surface area contributed by atoms with E-state index in [4.69, 9.17) is 9.72 Å². The zero-order chi connectivity index (χ0) is 27.5. The van der Waals surface area contributed by atoms with Crippen molar-refractivity contribution < 1.29 is 4.74 Å². The van der Waals surface area contributed by atoms with Gasteiger partial charge in [-0.05, 0) is 81.3 Å². The molecule has 0 aliphatic carbocycles. The fraction of sp³-hybridized carbons (Fsp3) is 0.219. The fourth-order valence-corrected chi connectivity index (χ4v) is 5.16. The van der Waals surface area contributed by atoms with Gasteiger partial charge in [-0.3, -0.25) is 4.79 Å². The Kier molecular flexibility index (Phi) is 7.79. The number of aryl methyl sites for hydroxylation is 3. The highest BCUT2D eigenvalue weighted by Gasteiger charge is 2.13. The molecule has 2 aromatic heterocycles. The molecule has 0 unspecified atom stereocenters. The standard InChI is InChI=1S/C32H31BrN4O2/c1-5-7-31-35-30-15-10-26(33)18-29(30)32(38)37(31)34-19-25-17-22(3)36(23(25)4)27-11-13-28(14-12-27)39-20-24-9-6-8-21(2)16-24/h6,8-19H,5,7,20H2,1-4H3. The molecule has 5 aromatic rings. The van der Waals surface area contributed by atoms with E-state index in [0.29, 0.717) is 29.8 Å². The van der Waals surface area contributed by atoms with Gasteiger partial charge in [0.2, 0.25) is 0 Å². The Morgan fingerprint density at radius 2 is 1.79 bits per heavy atom. The number of benzene rings is 3. The average Bonchev–Trinajstić information content (AvgIpc) is 3.21. The van der Waals surface area contributed by atoms with Gasteiger partial charge < -0.3 is 9.30 Å². The normalized spacial score (nSPS) is 11.5. The van der Waals surface area contributed by atoms with Gasteiger partial charge in [0.1, 0.15) is 18.2 Å². The molecule has 0 bridgehead atoms. The quantitative estimate of drug-likeness (QED) is 0.180. The number of hydrogen-bond donors (Lipinski definition) is 0. The number of rotatable bonds is 8. The minimum Gasteiger partial charge on any atom is -0.489 e. The van der Waals surface area contributed by atoms with Crippen LogP contribution in [0.5, 0.6) is 5.75 Å². The van der Waals surface area contributed by atoms with Crippen LogP contribution in [0.25, 0.3) is 16.6 Å². The molecule has 0 saturated heterocycles. The van der Waals surface area contributed by atoms with Gasteiger partial charge in [-0.15, -0.1) is 0 Å². The van der Waals surface area contributed by atoms with E-state index in [2.05, 4.69) is 89.7 Å². The van der Waals surface area contributed by atoms with Crippen LogP contribution in [0.2, 0.25) is 0 Å². The lowest BCUT2D eigenvalue weighted by atomic mass is 10.1. The van der Waals surface area contributed by atoms with Crippen LogP contribution in [-0.4, -0.2) is 20.4 Å². The van der Waals surface area contributed by atoms with Gasteiger partial charge in [-0.2, -0.15) is 9.78 Å². The summed E-state index contributed by atoms with van der Waals surface area (Å²) < 4.78 is 10.4. The molecule has 7 heteroatoms. The molecule has 0 spiro atoms. The van der Waals surface area contributed by atoms with Gasteiger partial charge in [0.25, 0.3) is 5.56 Å². The van der Waals surface area contributed by atoms with Gasteiger partial charge in [0.15, 0.2) is 0 Å². The molecule has 0 radical (unpaired) electrons. The summed E-state index contributed by atoms with van der Waals surface area (Å²) in [4.78, 5) is 18.1. The maximum atomic E-state index is 13.3. The third-order valence-corrected chi connectivity index (χ3v) is 7.21. The minimum absolute atomic E-state index is 0.170. The third-order valence-electron chi connectivity index (χ3n) is 6.71. The van der Waals surface area contributed by atoms with Crippen LogP contribution in [0.3, 0.4) is 0 Å². The summed E-state index contributed by atoms with van der Waals surface area (Å²) in [7, 11) is 0. The molecule has 0 aliphatic rings. The molecular weight excluding hydrogens is 552 g/mol. The average molecular weight is 584 g/mol. The predicted molar refractivity (Wildman–Crippen MR) is 161 cm³/mol. The first-order valence-electron chi connectivity index (χ1n) is 13.1. The zero-order valence-electron chi connectivity index (χ0n) is 22.6. The smallest absolute Gasteiger partial charge is 0.282 e. The summed E-state index contributed by atoms with van der Waals surface area (Å²) in [6, 6.07) is 24.1. The van der Waals surface area contributed by atoms with E-state index in [1.54, 1.807) is 12.3 Å². The molecule has 2 heterocycles. The highest BCUT2D eigenvalue weighted by atomic mass is 79.9. The zero-order valence-corrected chi connectivity index (χ0v) is 24.2. The molecule has 0 aliphatic heterocycles. The van der Waals surface area contributed by atoms with E-state index in [-0.39, 0.29) is 5.56 Å². The Labute approximate surface area is 236 Å². The summed E-state index contributed by atoms with van der Waals surface area (Å²) in [5, 5.41) is 5.16. The SMILES string of the molecule is CCCc1nc2ccc(Br)cc2c(=O)n1N=Cc1cc(C)n(-c2ccc(OCc3cccc(C)c3)cc2)c1C. The summed E-state index contributed by atoms with van der Waals surface area (Å²) in [6.45, 7) is 8.80.